The molecule has 3 heteroatoms. The van der Waals surface area contributed by atoms with Crippen LogP contribution in [0.5, 0.6) is 0 Å². The SMILES string of the molecule is CC(=O)C(C(C)=O)c1cccc(N)c1. The number of benzene rings is 1. The molecule has 1 rings (SSSR count). The molecule has 2 N–H and O–H groups in total. The number of ketones is 2. The third kappa shape index (κ3) is 2.19. The summed E-state index contributed by atoms with van der Waals surface area (Å²) in [6, 6.07) is 6.86. The molecule has 0 aliphatic carbocycles. The molecule has 0 spiro atoms. The highest BCUT2D eigenvalue weighted by Crippen LogP contribution is 2.19. The monoisotopic (exact) mass is 191 g/mol. The van der Waals surface area contributed by atoms with Crippen molar-refractivity contribution in [1.82, 2.24) is 0 Å². The van der Waals surface area contributed by atoms with E-state index >= 15 is 0 Å². The lowest BCUT2D eigenvalue weighted by atomic mass is 9.92. The molecule has 0 saturated carbocycles. The Bertz CT molecular complexity index is 357. The van der Waals surface area contributed by atoms with E-state index in [0.29, 0.717) is 11.3 Å². The predicted octanol–water partition coefficient (Wildman–Crippen LogP) is 1.53. The molecule has 0 aromatic heterocycles. The summed E-state index contributed by atoms with van der Waals surface area (Å²) in [7, 11) is 0. The van der Waals surface area contributed by atoms with E-state index in [1.807, 2.05) is 0 Å². The zero-order valence-corrected chi connectivity index (χ0v) is 8.28. The van der Waals surface area contributed by atoms with Gasteiger partial charge < -0.3 is 5.73 Å². The van der Waals surface area contributed by atoms with Gasteiger partial charge in [0, 0.05) is 5.69 Å². The van der Waals surface area contributed by atoms with Crippen molar-refractivity contribution in [3.63, 3.8) is 0 Å². The van der Waals surface area contributed by atoms with Gasteiger partial charge in [-0.3, -0.25) is 9.59 Å². The Morgan fingerprint density at radius 1 is 1.21 bits per heavy atom. The molecule has 0 bridgehead atoms. The van der Waals surface area contributed by atoms with Crippen LogP contribution in [0.2, 0.25) is 0 Å². The summed E-state index contributed by atoms with van der Waals surface area (Å²) in [6.07, 6.45) is 0. The van der Waals surface area contributed by atoms with Gasteiger partial charge in [0.25, 0.3) is 0 Å². The highest BCUT2D eigenvalue weighted by molar-refractivity contribution is 6.05. The average Bonchev–Trinajstić information content (AvgIpc) is 2.02. The van der Waals surface area contributed by atoms with Crippen LogP contribution in [0.15, 0.2) is 24.3 Å². The minimum Gasteiger partial charge on any atom is -0.399 e. The summed E-state index contributed by atoms with van der Waals surface area (Å²) in [6.45, 7) is 2.82. The first-order chi connectivity index (χ1) is 6.52. The molecule has 14 heavy (non-hydrogen) atoms. The van der Waals surface area contributed by atoms with E-state index in [2.05, 4.69) is 0 Å². The molecule has 0 atom stereocenters. The second-order valence-corrected chi connectivity index (χ2v) is 3.32. The summed E-state index contributed by atoms with van der Waals surface area (Å²) in [5.41, 5.74) is 6.81. The number of rotatable bonds is 3. The zero-order chi connectivity index (χ0) is 10.7. The molecule has 0 heterocycles. The van der Waals surface area contributed by atoms with Gasteiger partial charge in [0.05, 0.1) is 0 Å². The first-order valence-electron chi connectivity index (χ1n) is 4.38. The summed E-state index contributed by atoms with van der Waals surface area (Å²) < 4.78 is 0. The summed E-state index contributed by atoms with van der Waals surface area (Å²) >= 11 is 0. The number of nitrogens with two attached hydrogens (primary N) is 1. The van der Waals surface area contributed by atoms with Crippen LogP contribution >= 0.6 is 0 Å². The minimum atomic E-state index is -0.668. The Labute approximate surface area is 82.9 Å². The molecule has 0 aliphatic rings. The number of hydrogen-bond acceptors (Lipinski definition) is 3. The lowest BCUT2D eigenvalue weighted by molar-refractivity contribution is -0.126. The van der Waals surface area contributed by atoms with Crippen LogP contribution in [-0.2, 0) is 9.59 Å². The van der Waals surface area contributed by atoms with E-state index in [0.717, 1.165) is 0 Å². The second-order valence-electron chi connectivity index (χ2n) is 3.32. The standard InChI is InChI=1S/C11H13NO2/c1-7(13)11(8(2)14)9-4-3-5-10(12)6-9/h3-6,11H,12H2,1-2H3. The lowest BCUT2D eigenvalue weighted by Gasteiger charge is -2.10. The smallest absolute Gasteiger partial charge is 0.144 e. The molecular weight excluding hydrogens is 178 g/mol. The first-order valence-corrected chi connectivity index (χ1v) is 4.38. The van der Waals surface area contributed by atoms with Gasteiger partial charge in [0.2, 0.25) is 0 Å². The van der Waals surface area contributed by atoms with E-state index in [1.165, 1.54) is 13.8 Å². The van der Waals surface area contributed by atoms with Crippen molar-refractivity contribution >= 4 is 17.3 Å². The molecule has 0 unspecified atom stereocenters. The number of anilines is 1. The minimum absolute atomic E-state index is 0.150. The fourth-order valence-corrected chi connectivity index (χ4v) is 1.49. The molecule has 0 radical (unpaired) electrons. The average molecular weight is 191 g/mol. The lowest BCUT2D eigenvalue weighted by Crippen LogP contribution is -2.17. The molecule has 0 saturated heterocycles. The van der Waals surface area contributed by atoms with Gasteiger partial charge in [-0.25, -0.2) is 0 Å². The van der Waals surface area contributed by atoms with Crippen LogP contribution in [0.25, 0.3) is 0 Å². The number of carbonyl (C=O) groups excluding carboxylic acids is 2. The molecule has 74 valence electrons. The Balaban J connectivity index is 3.12. The third-order valence-electron chi connectivity index (χ3n) is 2.06. The fraction of sp³-hybridized carbons (Fsp3) is 0.273. The molecule has 1 aromatic rings. The van der Waals surface area contributed by atoms with Crippen LogP contribution in [0, 0.1) is 0 Å². The van der Waals surface area contributed by atoms with E-state index < -0.39 is 5.92 Å². The molecule has 0 amide bonds. The van der Waals surface area contributed by atoms with Crippen LogP contribution in [0.4, 0.5) is 5.69 Å². The summed E-state index contributed by atoms with van der Waals surface area (Å²) in [4.78, 5) is 22.5. The van der Waals surface area contributed by atoms with Crippen molar-refractivity contribution in [1.29, 1.82) is 0 Å². The maximum absolute atomic E-state index is 11.2. The van der Waals surface area contributed by atoms with Crippen LogP contribution in [0.1, 0.15) is 25.3 Å². The molecule has 1 aromatic carbocycles. The van der Waals surface area contributed by atoms with Gasteiger partial charge >= 0.3 is 0 Å². The Hall–Kier alpha value is -1.64. The summed E-state index contributed by atoms with van der Waals surface area (Å²) in [5, 5.41) is 0. The van der Waals surface area contributed by atoms with E-state index in [4.69, 9.17) is 5.73 Å². The largest absolute Gasteiger partial charge is 0.399 e. The van der Waals surface area contributed by atoms with Gasteiger partial charge in [-0.1, -0.05) is 12.1 Å². The van der Waals surface area contributed by atoms with Crippen molar-refractivity contribution < 1.29 is 9.59 Å². The van der Waals surface area contributed by atoms with E-state index in [-0.39, 0.29) is 11.6 Å². The van der Waals surface area contributed by atoms with Crippen molar-refractivity contribution in [3.05, 3.63) is 29.8 Å². The third-order valence-corrected chi connectivity index (χ3v) is 2.06. The van der Waals surface area contributed by atoms with E-state index in [1.54, 1.807) is 24.3 Å². The van der Waals surface area contributed by atoms with Gasteiger partial charge in [-0.2, -0.15) is 0 Å². The van der Waals surface area contributed by atoms with Gasteiger partial charge in [-0.05, 0) is 31.5 Å². The molecular formula is C11H13NO2. The fourth-order valence-electron chi connectivity index (χ4n) is 1.49. The predicted molar refractivity (Wildman–Crippen MR) is 55.0 cm³/mol. The highest BCUT2D eigenvalue weighted by atomic mass is 16.1. The normalized spacial score (nSPS) is 10.2. The maximum atomic E-state index is 11.2. The highest BCUT2D eigenvalue weighted by Gasteiger charge is 2.21. The zero-order valence-electron chi connectivity index (χ0n) is 8.28. The van der Waals surface area contributed by atoms with Crippen molar-refractivity contribution in [2.45, 2.75) is 19.8 Å². The van der Waals surface area contributed by atoms with Crippen molar-refractivity contribution in [2.75, 3.05) is 5.73 Å². The van der Waals surface area contributed by atoms with Crippen LogP contribution < -0.4 is 5.73 Å². The number of hydrogen-bond donors (Lipinski definition) is 1. The molecule has 0 aliphatic heterocycles. The second kappa shape index (κ2) is 4.05. The summed E-state index contributed by atoms with van der Waals surface area (Å²) in [5.74, 6) is -0.968. The van der Waals surface area contributed by atoms with Crippen molar-refractivity contribution in [2.24, 2.45) is 0 Å². The molecule has 0 fully saturated rings. The van der Waals surface area contributed by atoms with Crippen LogP contribution in [0.3, 0.4) is 0 Å². The first kappa shape index (κ1) is 10.4. The topological polar surface area (TPSA) is 60.2 Å². The maximum Gasteiger partial charge on any atom is 0.144 e. The molecule has 3 nitrogen and oxygen atoms in total. The Morgan fingerprint density at radius 2 is 1.79 bits per heavy atom. The van der Waals surface area contributed by atoms with Crippen LogP contribution in [-0.4, -0.2) is 11.6 Å². The van der Waals surface area contributed by atoms with Gasteiger partial charge in [0.15, 0.2) is 0 Å². The van der Waals surface area contributed by atoms with Gasteiger partial charge in [0.1, 0.15) is 17.5 Å². The number of nitrogen functional groups attached to an aromatic ring is 1. The quantitative estimate of drug-likeness (QED) is 0.582. The van der Waals surface area contributed by atoms with Gasteiger partial charge in [-0.15, -0.1) is 0 Å². The Kier molecular flexibility index (Phi) is 3.02. The van der Waals surface area contributed by atoms with Crippen molar-refractivity contribution in [3.8, 4) is 0 Å². The Morgan fingerprint density at radius 3 is 2.21 bits per heavy atom. The number of Topliss-reactive ketones (excluding diaryl/α,β-unsaturated/α-hetero) is 2. The number of carbonyl (C=O) groups is 2. The van der Waals surface area contributed by atoms with E-state index in [9.17, 15) is 9.59 Å².